The van der Waals surface area contributed by atoms with E-state index in [1.807, 2.05) is 25.1 Å². The second kappa shape index (κ2) is 6.01. The van der Waals surface area contributed by atoms with E-state index in [1.54, 1.807) is 0 Å². The smallest absolute Gasteiger partial charge is 0.234 e. The fourth-order valence-corrected chi connectivity index (χ4v) is 2.41. The Labute approximate surface area is 117 Å². The number of aryl methyl sites for hydroxylation is 1. The molecule has 0 bridgehead atoms. The van der Waals surface area contributed by atoms with Crippen molar-refractivity contribution in [3.63, 3.8) is 0 Å². The molecule has 1 heterocycles. The number of nitrogens with one attached hydrogen (secondary N) is 2. The van der Waals surface area contributed by atoms with Gasteiger partial charge in [-0.15, -0.1) is 0 Å². The summed E-state index contributed by atoms with van der Waals surface area (Å²) in [6, 6.07) is 5.72. The Kier molecular flexibility index (Phi) is 4.38. The maximum atomic E-state index is 11.7. The van der Waals surface area contributed by atoms with E-state index in [0.29, 0.717) is 10.9 Å². The molecule has 0 saturated carbocycles. The molecular formula is C11H11BrN4OS. The molecule has 1 aromatic heterocycles. The average Bonchev–Trinajstić information content (AvgIpc) is 2.83. The molecule has 0 unspecified atom stereocenters. The summed E-state index contributed by atoms with van der Waals surface area (Å²) >= 11 is 4.70. The molecule has 0 radical (unpaired) electrons. The van der Waals surface area contributed by atoms with Crippen LogP contribution in [-0.4, -0.2) is 26.8 Å². The molecule has 0 spiro atoms. The van der Waals surface area contributed by atoms with Crippen molar-refractivity contribution in [2.24, 2.45) is 0 Å². The number of aromatic nitrogens is 3. The first-order valence-electron chi connectivity index (χ1n) is 5.19. The number of halogens is 1. The molecule has 0 aliphatic carbocycles. The number of anilines is 1. The minimum Gasteiger partial charge on any atom is -0.325 e. The molecule has 0 aliphatic rings. The van der Waals surface area contributed by atoms with Crippen LogP contribution in [-0.2, 0) is 4.79 Å². The number of nitrogens with zero attached hydrogens (tertiary/aromatic N) is 2. The SMILES string of the molecule is Cc1cc(Br)ccc1NC(=O)CSc1ncn[nH]1. The summed E-state index contributed by atoms with van der Waals surface area (Å²) < 4.78 is 0.994. The van der Waals surface area contributed by atoms with Crippen LogP contribution in [0.5, 0.6) is 0 Å². The zero-order valence-electron chi connectivity index (χ0n) is 9.61. The lowest BCUT2D eigenvalue weighted by Gasteiger charge is -2.07. The van der Waals surface area contributed by atoms with Crippen molar-refractivity contribution in [3.05, 3.63) is 34.6 Å². The van der Waals surface area contributed by atoms with Crippen LogP contribution < -0.4 is 5.32 Å². The van der Waals surface area contributed by atoms with Gasteiger partial charge in [0.2, 0.25) is 5.91 Å². The summed E-state index contributed by atoms with van der Waals surface area (Å²) in [6.45, 7) is 1.95. The second-order valence-corrected chi connectivity index (χ2v) is 5.47. The van der Waals surface area contributed by atoms with E-state index in [1.165, 1.54) is 18.1 Å². The molecule has 7 heteroatoms. The highest BCUT2D eigenvalue weighted by Gasteiger charge is 2.07. The molecular weight excluding hydrogens is 316 g/mol. The third-order valence-electron chi connectivity index (χ3n) is 2.20. The number of hydrogen-bond acceptors (Lipinski definition) is 4. The van der Waals surface area contributed by atoms with Gasteiger partial charge in [-0.3, -0.25) is 9.89 Å². The van der Waals surface area contributed by atoms with Crippen LogP contribution in [0.25, 0.3) is 0 Å². The lowest BCUT2D eigenvalue weighted by atomic mass is 10.2. The molecule has 1 amide bonds. The van der Waals surface area contributed by atoms with Gasteiger partial charge in [0.1, 0.15) is 6.33 Å². The number of carbonyl (C=O) groups excluding carboxylic acids is 1. The van der Waals surface area contributed by atoms with Gasteiger partial charge in [-0.05, 0) is 30.7 Å². The number of amides is 1. The standard InChI is InChI=1S/C11H11BrN4OS/c1-7-4-8(12)2-3-9(7)15-10(17)5-18-11-13-6-14-16-11/h2-4,6H,5H2,1H3,(H,15,17)(H,13,14,16). The molecule has 0 atom stereocenters. The minimum absolute atomic E-state index is 0.0678. The number of rotatable bonds is 4. The largest absolute Gasteiger partial charge is 0.325 e. The number of benzene rings is 1. The van der Waals surface area contributed by atoms with Gasteiger partial charge in [0.25, 0.3) is 0 Å². The van der Waals surface area contributed by atoms with Crippen molar-refractivity contribution < 1.29 is 4.79 Å². The molecule has 2 N–H and O–H groups in total. The van der Waals surface area contributed by atoms with Crippen LogP contribution in [0.3, 0.4) is 0 Å². The van der Waals surface area contributed by atoms with E-state index >= 15 is 0 Å². The van der Waals surface area contributed by atoms with Crippen molar-refractivity contribution in [1.82, 2.24) is 15.2 Å². The van der Waals surface area contributed by atoms with Crippen LogP contribution in [0.4, 0.5) is 5.69 Å². The van der Waals surface area contributed by atoms with Crippen LogP contribution >= 0.6 is 27.7 Å². The van der Waals surface area contributed by atoms with E-state index < -0.39 is 0 Å². The molecule has 5 nitrogen and oxygen atoms in total. The highest BCUT2D eigenvalue weighted by molar-refractivity contribution is 9.10. The van der Waals surface area contributed by atoms with Crippen LogP contribution in [0.15, 0.2) is 34.2 Å². The average molecular weight is 327 g/mol. The Hall–Kier alpha value is -1.34. The molecule has 0 fully saturated rings. The number of carbonyl (C=O) groups is 1. The van der Waals surface area contributed by atoms with Crippen molar-refractivity contribution in [2.75, 3.05) is 11.1 Å². The normalized spacial score (nSPS) is 10.3. The Balaban J connectivity index is 1.91. The molecule has 2 rings (SSSR count). The van der Waals surface area contributed by atoms with Crippen LogP contribution in [0.2, 0.25) is 0 Å². The Morgan fingerprint density at radius 2 is 2.39 bits per heavy atom. The van der Waals surface area contributed by atoms with Gasteiger partial charge in [0, 0.05) is 10.2 Å². The zero-order valence-corrected chi connectivity index (χ0v) is 12.0. The molecule has 2 aromatic rings. The molecule has 18 heavy (non-hydrogen) atoms. The summed E-state index contributed by atoms with van der Waals surface area (Å²) in [5.74, 6) is 0.229. The van der Waals surface area contributed by atoms with Gasteiger partial charge in [-0.2, -0.15) is 5.10 Å². The van der Waals surface area contributed by atoms with Crippen molar-refractivity contribution >= 4 is 39.3 Å². The van der Waals surface area contributed by atoms with E-state index in [-0.39, 0.29) is 5.91 Å². The third kappa shape index (κ3) is 3.58. The maximum absolute atomic E-state index is 11.7. The highest BCUT2D eigenvalue weighted by Crippen LogP contribution is 2.20. The lowest BCUT2D eigenvalue weighted by Crippen LogP contribution is -2.14. The van der Waals surface area contributed by atoms with Crippen LogP contribution in [0, 0.1) is 6.92 Å². The first-order chi connectivity index (χ1) is 8.65. The Morgan fingerprint density at radius 3 is 3.06 bits per heavy atom. The summed E-state index contributed by atoms with van der Waals surface area (Å²) in [6.07, 6.45) is 1.42. The lowest BCUT2D eigenvalue weighted by molar-refractivity contribution is -0.113. The molecule has 0 saturated heterocycles. The zero-order chi connectivity index (χ0) is 13.0. The fraction of sp³-hybridized carbons (Fsp3) is 0.182. The Morgan fingerprint density at radius 1 is 1.56 bits per heavy atom. The Bertz CT molecular complexity index is 544. The van der Waals surface area contributed by atoms with Gasteiger partial charge in [-0.1, -0.05) is 27.7 Å². The van der Waals surface area contributed by atoms with E-state index in [0.717, 1.165) is 15.7 Å². The monoisotopic (exact) mass is 326 g/mol. The van der Waals surface area contributed by atoms with E-state index in [4.69, 9.17) is 0 Å². The number of hydrogen-bond donors (Lipinski definition) is 2. The first kappa shape index (κ1) is 13.1. The minimum atomic E-state index is -0.0678. The summed E-state index contributed by atoms with van der Waals surface area (Å²) in [4.78, 5) is 15.7. The molecule has 1 aromatic carbocycles. The van der Waals surface area contributed by atoms with Gasteiger partial charge >= 0.3 is 0 Å². The summed E-state index contributed by atoms with van der Waals surface area (Å²) in [7, 11) is 0. The van der Waals surface area contributed by atoms with Gasteiger partial charge in [0.15, 0.2) is 5.16 Å². The summed E-state index contributed by atoms with van der Waals surface area (Å²) in [5.41, 5.74) is 1.84. The van der Waals surface area contributed by atoms with Gasteiger partial charge < -0.3 is 5.32 Å². The quantitative estimate of drug-likeness (QED) is 0.847. The topological polar surface area (TPSA) is 70.7 Å². The van der Waals surface area contributed by atoms with Crippen molar-refractivity contribution in [3.8, 4) is 0 Å². The maximum Gasteiger partial charge on any atom is 0.234 e. The second-order valence-electron chi connectivity index (χ2n) is 3.59. The van der Waals surface area contributed by atoms with Gasteiger partial charge in [0.05, 0.1) is 5.75 Å². The van der Waals surface area contributed by atoms with E-state index in [2.05, 4.69) is 36.4 Å². The molecule has 94 valence electrons. The predicted octanol–water partition coefficient (Wildman–Crippen LogP) is 2.61. The van der Waals surface area contributed by atoms with E-state index in [9.17, 15) is 4.79 Å². The number of H-pyrrole nitrogens is 1. The molecule has 0 aliphatic heterocycles. The summed E-state index contributed by atoms with van der Waals surface area (Å²) in [5, 5.41) is 9.90. The van der Waals surface area contributed by atoms with Gasteiger partial charge in [-0.25, -0.2) is 4.98 Å². The number of aromatic amines is 1. The van der Waals surface area contributed by atoms with Crippen molar-refractivity contribution in [1.29, 1.82) is 0 Å². The number of thioether (sulfide) groups is 1. The first-order valence-corrected chi connectivity index (χ1v) is 6.97. The third-order valence-corrected chi connectivity index (χ3v) is 3.57. The predicted molar refractivity (Wildman–Crippen MR) is 74.6 cm³/mol. The fourth-order valence-electron chi connectivity index (χ4n) is 1.35. The van der Waals surface area contributed by atoms with Crippen molar-refractivity contribution in [2.45, 2.75) is 12.1 Å². The van der Waals surface area contributed by atoms with Crippen LogP contribution in [0.1, 0.15) is 5.56 Å². The highest BCUT2D eigenvalue weighted by atomic mass is 79.9.